The van der Waals surface area contributed by atoms with Gasteiger partial charge in [-0.05, 0) is 6.07 Å². The molecule has 1 aromatic carbocycles. The Morgan fingerprint density at radius 2 is 2.00 bits per heavy atom. The monoisotopic (exact) mass is 236 g/mol. The van der Waals surface area contributed by atoms with E-state index in [1.807, 2.05) is 0 Å². The Hall–Kier alpha value is -1.83. The molecule has 3 N–H and O–H groups in total. The minimum atomic E-state index is -3.06. The van der Waals surface area contributed by atoms with Crippen molar-refractivity contribution >= 4 is 5.69 Å². The van der Waals surface area contributed by atoms with Gasteiger partial charge in [0.05, 0.1) is 17.0 Å². The van der Waals surface area contributed by atoms with Crippen LogP contribution in [0.15, 0.2) is 12.1 Å². The van der Waals surface area contributed by atoms with Crippen LogP contribution in [-0.4, -0.2) is 16.5 Å². The number of nitrogens with zero attached hydrogens (tertiary/aromatic N) is 1. The largest absolute Gasteiger partial charge is 0.502 e. The normalized spacial score (nSPS) is 12.8. The van der Waals surface area contributed by atoms with E-state index in [9.17, 15) is 28.4 Å². The van der Waals surface area contributed by atoms with E-state index in [1.165, 1.54) is 0 Å². The number of phenolic OH excluding ortho intramolecular Hbond substituents is 1. The summed E-state index contributed by atoms with van der Waals surface area (Å²) in [7, 11) is 0. The summed E-state index contributed by atoms with van der Waals surface area (Å²) in [5, 5.41) is 19.7. The van der Waals surface area contributed by atoms with Crippen molar-refractivity contribution in [3.8, 4) is 5.75 Å². The van der Waals surface area contributed by atoms with Crippen LogP contribution in [0.3, 0.4) is 0 Å². The van der Waals surface area contributed by atoms with Crippen LogP contribution in [0.5, 0.6) is 5.75 Å². The number of halogens is 3. The average molecular weight is 236 g/mol. The first kappa shape index (κ1) is 12.2. The lowest BCUT2D eigenvalue weighted by Crippen LogP contribution is -2.19. The van der Waals surface area contributed by atoms with Crippen LogP contribution < -0.4 is 5.73 Å². The maximum Gasteiger partial charge on any atom is 0.313 e. The zero-order valence-corrected chi connectivity index (χ0v) is 7.73. The molecule has 0 spiro atoms. The molecule has 0 amide bonds. The lowest BCUT2D eigenvalue weighted by atomic mass is 10.1. The summed E-state index contributed by atoms with van der Waals surface area (Å²) in [6.45, 7) is 0. The summed E-state index contributed by atoms with van der Waals surface area (Å²) in [6.07, 6.45) is -3.06. The highest BCUT2D eigenvalue weighted by Gasteiger charge is 2.27. The first-order chi connectivity index (χ1) is 7.34. The van der Waals surface area contributed by atoms with E-state index in [2.05, 4.69) is 0 Å². The van der Waals surface area contributed by atoms with Gasteiger partial charge in [-0.2, -0.15) is 0 Å². The molecule has 88 valence electrons. The summed E-state index contributed by atoms with van der Waals surface area (Å²) < 4.78 is 37.3. The smallest absolute Gasteiger partial charge is 0.313 e. The number of alkyl halides is 2. The Morgan fingerprint density at radius 1 is 1.44 bits per heavy atom. The number of nitro groups is 1. The van der Waals surface area contributed by atoms with Crippen LogP contribution in [0.2, 0.25) is 0 Å². The predicted octanol–water partition coefficient (Wildman–Crippen LogP) is 1.70. The summed E-state index contributed by atoms with van der Waals surface area (Å²) in [5.41, 5.74) is 3.29. The molecule has 0 saturated heterocycles. The lowest BCUT2D eigenvalue weighted by Gasteiger charge is -2.12. The van der Waals surface area contributed by atoms with Crippen molar-refractivity contribution < 1.29 is 23.2 Å². The van der Waals surface area contributed by atoms with Crippen molar-refractivity contribution in [2.24, 2.45) is 5.73 Å². The van der Waals surface area contributed by atoms with Gasteiger partial charge in [0.2, 0.25) is 0 Å². The van der Waals surface area contributed by atoms with Crippen molar-refractivity contribution in [2.45, 2.75) is 12.5 Å². The van der Waals surface area contributed by atoms with Gasteiger partial charge < -0.3 is 10.8 Å². The molecule has 0 saturated carbocycles. The highest BCUT2D eigenvalue weighted by molar-refractivity contribution is 5.52. The molecule has 0 heterocycles. The van der Waals surface area contributed by atoms with Gasteiger partial charge in [0.15, 0.2) is 5.75 Å². The zero-order chi connectivity index (χ0) is 12.5. The van der Waals surface area contributed by atoms with Crippen molar-refractivity contribution in [1.82, 2.24) is 0 Å². The maximum absolute atomic E-state index is 12.9. The molecule has 8 heteroatoms. The Bertz CT molecular complexity index is 425. The van der Waals surface area contributed by atoms with Gasteiger partial charge in [-0.25, -0.2) is 13.2 Å². The van der Waals surface area contributed by atoms with Crippen LogP contribution in [0.1, 0.15) is 11.6 Å². The fourth-order valence-corrected chi connectivity index (χ4v) is 1.13. The first-order valence-electron chi connectivity index (χ1n) is 4.05. The van der Waals surface area contributed by atoms with Gasteiger partial charge in [-0.3, -0.25) is 10.1 Å². The van der Waals surface area contributed by atoms with Gasteiger partial charge in [-0.1, -0.05) is 0 Å². The number of aromatic hydroxyl groups is 1. The molecule has 0 bridgehead atoms. The predicted molar refractivity (Wildman–Crippen MR) is 47.7 cm³/mol. The second kappa shape index (κ2) is 4.35. The molecule has 0 unspecified atom stereocenters. The minimum absolute atomic E-state index is 0.428. The molecule has 1 rings (SSSR count). The molecule has 5 nitrogen and oxygen atoms in total. The molecular weight excluding hydrogens is 229 g/mol. The maximum atomic E-state index is 12.9. The SMILES string of the molecule is N[C@@H](c1cc(F)cc([N+](=O)[O-])c1O)C(F)F. The molecule has 1 atom stereocenters. The summed E-state index contributed by atoms with van der Waals surface area (Å²) in [6, 6.07) is -1.01. The minimum Gasteiger partial charge on any atom is -0.502 e. The number of benzene rings is 1. The van der Waals surface area contributed by atoms with Crippen LogP contribution in [-0.2, 0) is 0 Å². The third-order valence-corrected chi connectivity index (χ3v) is 1.91. The quantitative estimate of drug-likeness (QED) is 0.617. The molecule has 0 fully saturated rings. The molecule has 0 aliphatic heterocycles. The zero-order valence-electron chi connectivity index (χ0n) is 7.73. The highest BCUT2D eigenvalue weighted by atomic mass is 19.3. The molecular formula is C8H7F3N2O3. The van der Waals surface area contributed by atoms with E-state index < -0.39 is 40.2 Å². The van der Waals surface area contributed by atoms with E-state index >= 15 is 0 Å². The second-order valence-electron chi connectivity index (χ2n) is 2.98. The Labute approximate surface area is 87.4 Å². The van der Waals surface area contributed by atoms with Crippen molar-refractivity contribution in [2.75, 3.05) is 0 Å². The molecule has 0 aromatic heterocycles. The van der Waals surface area contributed by atoms with Gasteiger partial charge >= 0.3 is 5.69 Å². The van der Waals surface area contributed by atoms with Crippen LogP contribution in [0, 0.1) is 15.9 Å². The summed E-state index contributed by atoms with van der Waals surface area (Å²) >= 11 is 0. The van der Waals surface area contributed by atoms with Crippen molar-refractivity contribution in [1.29, 1.82) is 0 Å². The first-order valence-corrected chi connectivity index (χ1v) is 4.05. The topological polar surface area (TPSA) is 89.4 Å². The van der Waals surface area contributed by atoms with Crippen LogP contribution >= 0.6 is 0 Å². The molecule has 0 radical (unpaired) electrons. The van der Waals surface area contributed by atoms with E-state index in [-0.39, 0.29) is 0 Å². The van der Waals surface area contributed by atoms with Gasteiger partial charge in [0.1, 0.15) is 5.82 Å². The Balaban J connectivity index is 3.35. The highest BCUT2D eigenvalue weighted by Crippen LogP contribution is 2.35. The number of nitro benzene ring substituents is 1. The number of nitrogens with two attached hydrogens (primary N) is 1. The Morgan fingerprint density at radius 3 is 2.44 bits per heavy atom. The number of phenols is 1. The lowest BCUT2D eigenvalue weighted by molar-refractivity contribution is -0.386. The van der Waals surface area contributed by atoms with Crippen LogP contribution in [0.25, 0.3) is 0 Å². The van der Waals surface area contributed by atoms with Gasteiger partial charge in [0, 0.05) is 5.56 Å². The number of rotatable bonds is 3. The molecule has 0 aliphatic rings. The Kier molecular flexibility index (Phi) is 3.33. The van der Waals surface area contributed by atoms with Crippen molar-refractivity contribution in [3.05, 3.63) is 33.6 Å². The van der Waals surface area contributed by atoms with E-state index in [1.54, 1.807) is 0 Å². The van der Waals surface area contributed by atoms with Gasteiger partial charge in [-0.15, -0.1) is 0 Å². The fourth-order valence-electron chi connectivity index (χ4n) is 1.13. The summed E-state index contributed by atoms with van der Waals surface area (Å²) in [4.78, 5) is 9.29. The standard InChI is InChI=1S/C8H7F3N2O3/c9-3-1-4(6(12)8(10)11)7(14)5(2-3)13(15)16/h1-2,6,8,14H,12H2/t6-/m0/s1. The van der Waals surface area contributed by atoms with E-state index in [0.29, 0.717) is 12.1 Å². The fraction of sp³-hybridized carbons (Fsp3) is 0.250. The average Bonchev–Trinajstić information content (AvgIpc) is 2.19. The van der Waals surface area contributed by atoms with E-state index in [0.717, 1.165) is 0 Å². The molecule has 1 aromatic rings. The number of hydrogen-bond acceptors (Lipinski definition) is 4. The van der Waals surface area contributed by atoms with Crippen LogP contribution in [0.4, 0.5) is 18.9 Å². The molecule has 16 heavy (non-hydrogen) atoms. The molecule has 0 aliphatic carbocycles. The van der Waals surface area contributed by atoms with Crippen molar-refractivity contribution in [3.63, 3.8) is 0 Å². The third kappa shape index (κ3) is 2.22. The van der Waals surface area contributed by atoms with E-state index in [4.69, 9.17) is 5.73 Å². The number of hydrogen-bond donors (Lipinski definition) is 2. The van der Waals surface area contributed by atoms with Gasteiger partial charge in [0.25, 0.3) is 6.43 Å². The second-order valence-corrected chi connectivity index (χ2v) is 2.98. The third-order valence-electron chi connectivity index (χ3n) is 1.91. The summed E-state index contributed by atoms with van der Waals surface area (Å²) in [5.74, 6) is -2.16.